The first kappa shape index (κ1) is 17.2. The van der Waals surface area contributed by atoms with Gasteiger partial charge in [0.15, 0.2) is 5.78 Å². The first-order valence-electron chi connectivity index (χ1n) is 6.97. The lowest BCUT2D eigenvalue weighted by Crippen LogP contribution is -2.53. The Bertz CT molecular complexity index is 535. The number of carbonyl (C=O) groups excluding carboxylic acids is 2. The second kappa shape index (κ2) is 5.18. The molecular weight excluding hydrogens is 268 g/mol. The van der Waals surface area contributed by atoms with Gasteiger partial charge in [-0.2, -0.15) is 5.26 Å². The molecule has 0 aromatic heterocycles. The van der Waals surface area contributed by atoms with E-state index in [0.29, 0.717) is 6.42 Å². The number of rotatable bonds is 1. The van der Waals surface area contributed by atoms with Gasteiger partial charge in [-0.15, -0.1) is 0 Å². The Morgan fingerprint density at radius 2 is 1.90 bits per heavy atom. The Morgan fingerprint density at radius 3 is 2.33 bits per heavy atom. The molecule has 116 valence electrons. The molecular formula is C16H24N2O3. The van der Waals surface area contributed by atoms with Gasteiger partial charge in [0.1, 0.15) is 11.7 Å². The number of hydrogen-bond acceptors (Lipinski definition) is 4. The SMILES string of the molecule is CN(C(=O)OC(C)(C)C)C1(C)C=C(C#N)C(=O)C(C)(C)C1. The van der Waals surface area contributed by atoms with Gasteiger partial charge in [0.05, 0.1) is 11.1 Å². The molecule has 5 heteroatoms. The quantitative estimate of drug-likeness (QED) is 0.744. The fraction of sp³-hybridized carbons (Fsp3) is 0.688. The molecule has 0 radical (unpaired) electrons. The minimum atomic E-state index is -0.731. The van der Waals surface area contributed by atoms with Crippen molar-refractivity contribution in [1.82, 2.24) is 4.90 Å². The summed E-state index contributed by atoms with van der Waals surface area (Å²) in [5.74, 6) is -0.180. The molecule has 1 amide bonds. The maximum atomic E-state index is 12.3. The van der Waals surface area contributed by atoms with Crippen molar-refractivity contribution in [3.8, 4) is 6.07 Å². The van der Waals surface area contributed by atoms with Crippen molar-refractivity contribution < 1.29 is 14.3 Å². The molecule has 1 atom stereocenters. The van der Waals surface area contributed by atoms with E-state index in [2.05, 4.69) is 0 Å². The number of likely N-dealkylation sites (N-methyl/N-ethyl adjacent to an activating group) is 1. The zero-order valence-corrected chi connectivity index (χ0v) is 13.9. The molecule has 0 N–H and O–H groups in total. The number of amides is 1. The summed E-state index contributed by atoms with van der Waals surface area (Å²) in [6.45, 7) is 10.8. The van der Waals surface area contributed by atoms with E-state index in [0.717, 1.165) is 0 Å². The first-order valence-corrected chi connectivity index (χ1v) is 6.97. The zero-order valence-electron chi connectivity index (χ0n) is 13.9. The Hall–Kier alpha value is -1.83. The van der Waals surface area contributed by atoms with Gasteiger partial charge in [-0.1, -0.05) is 13.8 Å². The van der Waals surface area contributed by atoms with E-state index in [-0.39, 0.29) is 11.4 Å². The molecule has 0 aliphatic heterocycles. The number of nitrogens with zero attached hydrogens (tertiary/aromatic N) is 2. The minimum Gasteiger partial charge on any atom is -0.444 e. The van der Waals surface area contributed by atoms with E-state index < -0.39 is 22.6 Å². The highest BCUT2D eigenvalue weighted by Gasteiger charge is 2.46. The summed E-state index contributed by atoms with van der Waals surface area (Å²) in [7, 11) is 1.63. The predicted octanol–water partition coefficient (Wildman–Crippen LogP) is 3.06. The highest BCUT2D eigenvalue weighted by molar-refractivity contribution is 6.04. The van der Waals surface area contributed by atoms with E-state index in [1.54, 1.807) is 47.7 Å². The first-order chi connectivity index (χ1) is 9.32. The summed E-state index contributed by atoms with van der Waals surface area (Å²) < 4.78 is 5.37. The third-order valence-corrected chi connectivity index (χ3v) is 3.67. The van der Waals surface area contributed by atoms with Crippen molar-refractivity contribution in [2.45, 2.75) is 59.1 Å². The summed E-state index contributed by atoms with van der Waals surface area (Å²) in [5.41, 5.74) is -1.91. The molecule has 0 spiro atoms. The largest absolute Gasteiger partial charge is 0.444 e. The van der Waals surface area contributed by atoms with Crippen molar-refractivity contribution in [1.29, 1.82) is 5.26 Å². The third kappa shape index (κ3) is 3.63. The summed E-state index contributed by atoms with van der Waals surface area (Å²) in [6.07, 6.45) is 1.55. The number of nitriles is 1. The van der Waals surface area contributed by atoms with E-state index >= 15 is 0 Å². The Balaban J connectivity index is 3.16. The van der Waals surface area contributed by atoms with Crippen molar-refractivity contribution >= 4 is 11.9 Å². The average molecular weight is 292 g/mol. The Kier molecular flexibility index (Phi) is 4.24. The van der Waals surface area contributed by atoms with Crippen molar-refractivity contribution in [2.75, 3.05) is 7.05 Å². The summed E-state index contributed by atoms with van der Waals surface area (Å²) in [5, 5.41) is 9.16. The van der Waals surface area contributed by atoms with Crippen LogP contribution in [0, 0.1) is 16.7 Å². The number of hydrogen-bond donors (Lipinski definition) is 0. The van der Waals surface area contributed by atoms with Crippen LogP contribution >= 0.6 is 0 Å². The molecule has 0 saturated heterocycles. The molecule has 0 heterocycles. The van der Waals surface area contributed by atoms with Crippen molar-refractivity contribution in [3.63, 3.8) is 0 Å². The number of allylic oxidation sites excluding steroid dienone is 1. The summed E-state index contributed by atoms with van der Waals surface area (Å²) in [4.78, 5) is 25.9. The van der Waals surface area contributed by atoms with Crippen LogP contribution in [0.4, 0.5) is 4.79 Å². The molecule has 0 bridgehead atoms. The molecule has 1 aliphatic carbocycles. The molecule has 0 aromatic rings. The third-order valence-electron chi connectivity index (χ3n) is 3.67. The molecule has 21 heavy (non-hydrogen) atoms. The van der Waals surface area contributed by atoms with Crippen LogP contribution < -0.4 is 0 Å². The molecule has 1 unspecified atom stereocenters. The lowest BCUT2D eigenvalue weighted by Gasteiger charge is -2.44. The maximum absolute atomic E-state index is 12.3. The smallest absolute Gasteiger partial charge is 0.410 e. The van der Waals surface area contributed by atoms with Gasteiger partial charge in [0.2, 0.25) is 0 Å². The van der Waals surface area contributed by atoms with Crippen LogP contribution in [0.15, 0.2) is 11.6 Å². The normalized spacial score (nSPS) is 24.9. The number of carbonyl (C=O) groups is 2. The lowest BCUT2D eigenvalue weighted by atomic mass is 9.68. The highest BCUT2D eigenvalue weighted by Crippen LogP contribution is 2.40. The Morgan fingerprint density at radius 1 is 1.38 bits per heavy atom. The van der Waals surface area contributed by atoms with Gasteiger partial charge in [-0.3, -0.25) is 4.79 Å². The van der Waals surface area contributed by atoms with Gasteiger partial charge < -0.3 is 9.64 Å². The molecule has 0 saturated carbocycles. The van der Waals surface area contributed by atoms with E-state index in [9.17, 15) is 9.59 Å². The van der Waals surface area contributed by atoms with E-state index in [4.69, 9.17) is 10.00 Å². The maximum Gasteiger partial charge on any atom is 0.410 e. The molecule has 1 rings (SSSR count). The molecule has 0 aromatic carbocycles. The number of Topliss-reactive ketones (excluding diaryl/α,β-unsaturated/α-hetero) is 1. The monoisotopic (exact) mass is 292 g/mol. The van der Waals surface area contributed by atoms with Crippen LogP contribution in [0.3, 0.4) is 0 Å². The molecule has 5 nitrogen and oxygen atoms in total. The zero-order chi connectivity index (χ0) is 16.6. The van der Waals surface area contributed by atoms with Crippen molar-refractivity contribution in [2.24, 2.45) is 5.41 Å². The summed E-state index contributed by atoms with van der Waals surface area (Å²) in [6, 6.07) is 1.94. The van der Waals surface area contributed by atoms with Crippen molar-refractivity contribution in [3.05, 3.63) is 11.6 Å². The van der Waals surface area contributed by atoms with Crippen LogP contribution in [0.25, 0.3) is 0 Å². The number of ketones is 1. The topological polar surface area (TPSA) is 70.4 Å². The van der Waals surface area contributed by atoms with Gasteiger partial charge in [0, 0.05) is 12.5 Å². The second-order valence-corrected chi connectivity index (χ2v) is 7.46. The van der Waals surface area contributed by atoms with Crippen LogP contribution in [0.5, 0.6) is 0 Å². The Labute approximate surface area is 126 Å². The lowest BCUT2D eigenvalue weighted by molar-refractivity contribution is -0.125. The van der Waals surface area contributed by atoms with Crippen LogP contribution in [-0.2, 0) is 9.53 Å². The fourth-order valence-corrected chi connectivity index (χ4v) is 2.60. The van der Waals surface area contributed by atoms with Crippen LogP contribution in [0.2, 0.25) is 0 Å². The van der Waals surface area contributed by atoms with Crippen LogP contribution in [0.1, 0.15) is 48.0 Å². The summed E-state index contributed by atoms with van der Waals surface area (Å²) >= 11 is 0. The second-order valence-electron chi connectivity index (χ2n) is 7.46. The highest BCUT2D eigenvalue weighted by atomic mass is 16.6. The van der Waals surface area contributed by atoms with E-state index in [1.807, 2.05) is 13.0 Å². The predicted molar refractivity (Wildman–Crippen MR) is 79.5 cm³/mol. The fourth-order valence-electron chi connectivity index (χ4n) is 2.60. The number of ether oxygens (including phenoxy) is 1. The minimum absolute atomic E-state index is 0.101. The van der Waals surface area contributed by atoms with Gasteiger partial charge in [-0.25, -0.2) is 4.79 Å². The van der Waals surface area contributed by atoms with Crippen LogP contribution in [-0.4, -0.2) is 35.0 Å². The van der Waals surface area contributed by atoms with Gasteiger partial charge in [0.25, 0.3) is 0 Å². The standard InChI is InChI=1S/C16H24N2O3/c1-14(2,3)21-13(20)18(7)16(6)8-11(9-17)12(19)15(4,5)10-16/h8H,10H2,1-7H3. The van der Waals surface area contributed by atoms with E-state index in [1.165, 1.54) is 4.90 Å². The average Bonchev–Trinajstić information content (AvgIpc) is 2.30. The molecule has 1 aliphatic rings. The van der Waals surface area contributed by atoms with Gasteiger partial charge >= 0.3 is 6.09 Å². The van der Waals surface area contributed by atoms with Gasteiger partial charge in [-0.05, 0) is 40.2 Å². The molecule has 0 fully saturated rings.